The molecule has 0 spiro atoms. The summed E-state index contributed by atoms with van der Waals surface area (Å²) >= 11 is 1.62. The number of carbonyl (C=O) groups is 1. The highest BCUT2D eigenvalue weighted by atomic mass is 32.1. The first-order valence-electron chi connectivity index (χ1n) is 7.33. The lowest BCUT2D eigenvalue weighted by Gasteiger charge is -2.31. The summed E-state index contributed by atoms with van der Waals surface area (Å²) in [5.41, 5.74) is 1.64. The van der Waals surface area contributed by atoms with Gasteiger partial charge in [0.1, 0.15) is 5.69 Å². The van der Waals surface area contributed by atoms with Crippen molar-refractivity contribution in [1.29, 1.82) is 0 Å². The predicted molar refractivity (Wildman–Crippen MR) is 80.3 cm³/mol. The first-order valence-corrected chi connectivity index (χ1v) is 8.21. The van der Waals surface area contributed by atoms with Gasteiger partial charge in [0, 0.05) is 13.1 Å². The lowest BCUT2D eigenvalue weighted by molar-refractivity contribution is -0.0372. The zero-order valence-corrected chi connectivity index (χ0v) is 12.3. The minimum Gasteiger partial charge on any atom is -0.390 e. The van der Waals surface area contributed by atoms with Crippen LogP contribution in [0.4, 0.5) is 0 Å². The highest BCUT2D eigenvalue weighted by molar-refractivity contribution is 7.17. The third-order valence-electron chi connectivity index (χ3n) is 4.87. The average molecular weight is 306 g/mol. The summed E-state index contributed by atoms with van der Waals surface area (Å²) in [6.45, 7) is 1.36. The Morgan fingerprint density at radius 2 is 1.90 bits per heavy atom. The number of amides is 1. The maximum atomic E-state index is 12.6. The maximum Gasteiger partial charge on any atom is 0.270 e. The van der Waals surface area contributed by atoms with Gasteiger partial charge in [0.25, 0.3) is 5.91 Å². The smallest absolute Gasteiger partial charge is 0.270 e. The van der Waals surface area contributed by atoms with E-state index in [4.69, 9.17) is 0 Å². The average Bonchev–Trinajstić information content (AvgIpc) is 3.11. The van der Waals surface area contributed by atoms with Gasteiger partial charge in [-0.2, -0.15) is 0 Å². The van der Waals surface area contributed by atoms with Crippen LogP contribution in [0.1, 0.15) is 23.3 Å². The molecule has 3 heterocycles. The molecule has 21 heavy (non-hydrogen) atoms. The Morgan fingerprint density at radius 3 is 2.52 bits per heavy atom. The van der Waals surface area contributed by atoms with Crippen molar-refractivity contribution in [3.05, 3.63) is 23.2 Å². The van der Waals surface area contributed by atoms with Crippen molar-refractivity contribution in [3.8, 4) is 0 Å². The summed E-state index contributed by atoms with van der Waals surface area (Å²) in [4.78, 5) is 17.6. The molecule has 6 heteroatoms. The van der Waals surface area contributed by atoms with Gasteiger partial charge >= 0.3 is 0 Å². The van der Waals surface area contributed by atoms with Crippen LogP contribution in [-0.2, 0) is 0 Å². The van der Waals surface area contributed by atoms with Crippen molar-refractivity contribution in [2.75, 3.05) is 13.1 Å². The Morgan fingerprint density at radius 1 is 1.24 bits per heavy atom. The number of nitrogens with zero attached hydrogens (tertiary/aromatic N) is 1. The van der Waals surface area contributed by atoms with E-state index in [1.165, 1.54) is 0 Å². The van der Waals surface area contributed by atoms with Gasteiger partial charge in [0.2, 0.25) is 0 Å². The molecule has 112 valence electrons. The molecule has 1 saturated heterocycles. The molecule has 1 aliphatic heterocycles. The van der Waals surface area contributed by atoms with E-state index >= 15 is 0 Å². The number of H-pyrrole nitrogens is 1. The first kappa shape index (κ1) is 13.3. The molecule has 2 fully saturated rings. The molecule has 3 N–H and O–H groups in total. The van der Waals surface area contributed by atoms with Gasteiger partial charge in [0.05, 0.1) is 22.4 Å². The molecular weight excluding hydrogens is 288 g/mol. The van der Waals surface area contributed by atoms with E-state index in [0.29, 0.717) is 43.5 Å². The molecule has 1 saturated carbocycles. The molecule has 1 amide bonds. The molecule has 0 aromatic carbocycles. The van der Waals surface area contributed by atoms with Crippen LogP contribution >= 0.6 is 11.3 Å². The summed E-state index contributed by atoms with van der Waals surface area (Å²) < 4.78 is 1.10. The van der Waals surface area contributed by atoms with Crippen LogP contribution in [0.5, 0.6) is 0 Å². The Balaban J connectivity index is 1.52. The van der Waals surface area contributed by atoms with E-state index in [-0.39, 0.29) is 5.91 Å². The van der Waals surface area contributed by atoms with Gasteiger partial charge in [-0.05, 0) is 42.2 Å². The van der Waals surface area contributed by atoms with E-state index in [9.17, 15) is 15.0 Å². The van der Waals surface area contributed by atoms with Crippen LogP contribution < -0.4 is 0 Å². The number of thiophene rings is 1. The second kappa shape index (κ2) is 4.83. The number of rotatable bonds is 1. The van der Waals surface area contributed by atoms with Crippen LogP contribution in [-0.4, -0.2) is 51.3 Å². The number of aromatic nitrogens is 1. The Labute approximate surface area is 126 Å². The Kier molecular flexibility index (Phi) is 3.06. The van der Waals surface area contributed by atoms with Crippen molar-refractivity contribution in [3.63, 3.8) is 0 Å². The van der Waals surface area contributed by atoms with E-state index in [1.54, 1.807) is 11.3 Å². The monoisotopic (exact) mass is 306 g/mol. The fourth-order valence-corrected chi connectivity index (χ4v) is 4.49. The van der Waals surface area contributed by atoms with Crippen molar-refractivity contribution < 1.29 is 15.0 Å². The van der Waals surface area contributed by atoms with Gasteiger partial charge in [-0.25, -0.2) is 0 Å². The molecule has 4 rings (SSSR count). The normalized spacial score (nSPS) is 32.6. The number of aromatic amines is 1. The van der Waals surface area contributed by atoms with Gasteiger partial charge in [0.15, 0.2) is 0 Å². The van der Waals surface area contributed by atoms with Gasteiger partial charge < -0.3 is 20.1 Å². The second-order valence-electron chi connectivity index (χ2n) is 6.22. The highest BCUT2D eigenvalue weighted by Gasteiger charge is 2.42. The van der Waals surface area contributed by atoms with Crippen molar-refractivity contribution in [2.45, 2.75) is 25.0 Å². The Hall–Kier alpha value is -1.37. The lowest BCUT2D eigenvalue weighted by Crippen LogP contribution is -2.38. The third-order valence-corrected chi connectivity index (χ3v) is 5.73. The largest absolute Gasteiger partial charge is 0.390 e. The van der Waals surface area contributed by atoms with E-state index in [1.807, 2.05) is 22.4 Å². The van der Waals surface area contributed by atoms with Crippen LogP contribution in [0.15, 0.2) is 17.5 Å². The number of aliphatic hydroxyl groups is 2. The summed E-state index contributed by atoms with van der Waals surface area (Å²) in [5, 5.41) is 21.6. The minimum absolute atomic E-state index is 0.0248. The number of likely N-dealkylation sites (tertiary alicyclic amines) is 1. The molecular formula is C15H18N2O3S. The predicted octanol–water partition coefficient (Wildman–Crippen LogP) is 1.43. The van der Waals surface area contributed by atoms with Crippen molar-refractivity contribution >= 4 is 27.5 Å². The van der Waals surface area contributed by atoms with Crippen molar-refractivity contribution in [2.24, 2.45) is 11.8 Å². The number of nitrogens with one attached hydrogen (secondary N) is 1. The van der Waals surface area contributed by atoms with Crippen LogP contribution in [0.2, 0.25) is 0 Å². The van der Waals surface area contributed by atoms with E-state index in [0.717, 1.165) is 10.2 Å². The van der Waals surface area contributed by atoms with Crippen LogP contribution in [0, 0.1) is 11.8 Å². The standard InChI is InChI=1S/C15H18N2O3S/c18-12-3-8-6-17(7-9(8)4-13(12)19)15(20)11-5-14-10(16-11)1-2-21-14/h1-2,5,8-9,12-13,16,18-19H,3-4,6-7H2/t8-,9+,12-,13-/m1/s1. The van der Waals surface area contributed by atoms with Crippen LogP contribution in [0.3, 0.4) is 0 Å². The van der Waals surface area contributed by atoms with E-state index in [2.05, 4.69) is 4.98 Å². The van der Waals surface area contributed by atoms with Crippen molar-refractivity contribution in [1.82, 2.24) is 9.88 Å². The fraction of sp³-hybridized carbons (Fsp3) is 0.533. The number of hydrogen-bond acceptors (Lipinski definition) is 4. The zero-order valence-electron chi connectivity index (χ0n) is 11.5. The maximum absolute atomic E-state index is 12.6. The molecule has 2 aliphatic rings. The molecule has 4 atom stereocenters. The summed E-state index contributed by atoms with van der Waals surface area (Å²) in [5.74, 6) is 0.642. The number of fused-ring (bicyclic) bond motifs is 2. The van der Waals surface area contributed by atoms with Gasteiger partial charge in [-0.1, -0.05) is 0 Å². The molecule has 1 aliphatic carbocycles. The fourth-order valence-electron chi connectivity index (χ4n) is 3.71. The minimum atomic E-state index is -0.642. The molecule has 0 radical (unpaired) electrons. The summed E-state index contributed by atoms with van der Waals surface area (Å²) in [6, 6.07) is 3.89. The van der Waals surface area contributed by atoms with Crippen LogP contribution in [0.25, 0.3) is 10.2 Å². The number of hydrogen-bond donors (Lipinski definition) is 3. The first-order chi connectivity index (χ1) is 10.1. The quantitative estimate of drug-likeness (QED) is 0.746. The zero-order chi connectivity index (χ0) is 14.6. The lowest BCUT2D eigenvalue weighted by atomic mass is 9.79. The third kappa shape index (κ3) is 2.18. The summed E-state index contributed by atoms with van der Waals surface area (Å²) in [6.07, 6.45) is -0.0977. The summed E-state index contributed by atoms with van der Waals surface area (Å²) in [7, 11) is 0. The number of carbonyl (C=O) groups excluding carboxylic acids is 1. The molecule has 0 unspecified atom stereocenters. The topological polar surface area (TPSA) is 76.6 Å². The number of aliphatic hydroxyl groups excluding tert-OH is 2. The SMILES string of the molecule is O=C(c1cc2sccc2[nH]1)N1C[C@H]2C[C@@H](O)[C@H](O)C[C@H]2C1. The molecule has 0 bridgehead atoms. The van der Waals surface area contributed by atoms with Gasteiger partial charge in [-0.3, -0.25) is 4.79 Å². The highest BCUT2D eigenvalue weighted by Crippen LogP contribution is 2.37. The molecule has 5 nitrogen and oxygen atoms in total. The van der Waals surface area contributed by atoms with Gasteiger partial charge in [-0.15, -0.1) is 11.3 Å². The molecule has 2 aromatic heterocycles. The van der Waals surface area contributed by atoms with E-state index < -0.39 is 12.2 Å². The Bertz CT molecular complexity index is 633. The molecule has 2 aromatic rings. The second-order valence-corrected chi connectivity index (χ2v) is 7.17.